The van der Waals surface area contributed by atoms with Crippen molar-refractivity contribution in [3.05, 3.63) is 71.8 Å². The van der Waals surface area contributed by atoms with Gasteiger partial charge >= 0.3 is 6.18 Å². The highest BCUT2D eigenvalue weighted by molar-refractivity contribution is 5.91. The fraction of sp³-hybridized carbons (Fsp3) is 0.235. The highest BCUT2D eigenvalue weighted by Gasteiger charge is 2.60. The minimum absolute atomic E-state index is 0.0207. The van der Waals surface area contributed by atoms with Gasteiger partial charge in [-0.05, 0) is 11.1 Å². The van der Waals surface area contributed by atoms with E-state index in [9.17, 15) is 18.0 Å². The summed E-state index contributed by atoms with van der Waals surface area (Å²) in [5, 5.41) is 0. The van der Waals surface area contributed by atoms with Gasteiger partial charge < -0.3 is 4.90 Å². The van der Waals surface area contributed by atoms with E-state index in [4.69, 9.17) is 0 Å². The molecule has 2 atom stereocenters. The van der Waals surface area contributed by atoms with Gasteiger partial charge in [-0.1, -0.05) is 60.7 Å². The Kier molecular flexibility index (Phi) is 3.64. The maximum atomic E-state index is 13.4. The van der Waals surface area contributed by atoms with E-state index in [1.54, 1.807) is 60.7 Å². The summed E-state index contributed by atoms with van der Waals surface area (Å²) in [7, 11) is 0. The lowest BCUT2D eigenvalue weighted by atomic mass is 9.80. The maximum absolute atomic E-state index is 13.4. The monoisotopic (exact) mass is 305 g/mol. The molecular weight excluding hydrogens is 291 g/mol. The lowest BCUT2D eigenvalue weighted by Gasteiger charge is -2.48. The summed E-state index contributed by atoms with van der Waals surface area (Å²) in [4.78, 5) is 13.2. The van der Waals surface area contributed by atoms with E-state index >= 15 is 0 Å². The number of rotatable bonds is 3. The molecule has 1 aliphatic rings. The third-order valence-electron chi connectivity index (χ3n) is 3.89. The molecule has 2 unspecified atom stereocenters. The summed E-state index contributed by atoms with van der Waals surface area (Å²) in [5.74, 6) is -1.61. The SMILES string of the molecule is O=C1C(c2ccccc2)C(C(F)(F)F)N1Cc1ccccc1. The average Bonchev–Trinajstić information content (AvgIpc) is 2.50. The molecule has 3 rings (SSSR count). The molecule has 114 valence electrons. The zero-order valence-electron chi connectivity index (χ0n) is 11.6. The molecule has 0 saturated carbocycles. The second-order valence-electron chi connectivity index (χ2n) is 5.33. The van der Waals surface area contributed by atoms with Crippen molar-refractivity contribution in [1.29, 1.82) is 0 Å². The normalized spacial score (nSPS) is 21.6. The van der Waals surface area contributed by atoms with Gasteiger partial charge in [0.05, 0.1) is 5.92 Å². The molecule has 0 aromatic heterocycles. The van der Waals surface area contributed by atoms with Gasteiger partial charge in [0.2, 0.25) is 5.91 Å². The molecule has 0 bridgehead atoms. The number of halogens is 3. The van der Waals surface area contributed by atoms with Crippen LogP contribution in [0, 0.1) is 0 Å². The molecule has 2 nitrogen and oxygen atoms in total. The summed E-state index contributed by atoms with van der Waals surface area (Å²) >= 11 is 0. The van der Waals surface area contributed by atoms with E-state index in [1.807, 2.05) is 0 Å². The number of hydrogen-bond acceptors (Lipinski definition) is 1. The van der Waals surface area contributed by atoms with Crippen molar-refractivity contribution in [3.8, 4) is 0 Å². The first-order valence-corrected chi connectivity index (χ1v) is 6.94. The fourth-order valence-electron chi connectivity index (χ4n) is 2.86. The van der Waals surface area contributed by atoms with Crippen LogP contribution in [0.4, 0.5) is 13.2 Å². The van der Waals surface area contributed by atoms with Crippen LogP contribution in [0.25, 0.3) is 0 Å². The van der Waals surface area contributed by atoms with Crippen LogP contribution in [-0.4, -0.2) is 23.0 Å². The molecule has 1 amide bonds. The van der Waals surface area contributed by atoms with Crippen LogP contribution in [0.1, 0.15) is 17.0 Å². The van der Waals surface area contributed by atoms with Crippen LogP contribution in [0.5, 0.6) is 0 Å². The predicted molar refractivity (Wildman–Crippen MR) is 76.0 cm³/mol. The molecular formula is C17H14F3NO. The first-order valence-electron chi connectivity index (χ1n) is 6.94. The number of β-lactam (4-membered cyclic amide) rings is 1. The minimum Gasteiger partial charge on any atom is -0.324 e. The summed E-state index contributed by atoms with van der Waals surface area (Å²) in [5.41, 5.74) is 1.11. The summed E-state index contributed by atoms with van der Waals surface area (Å²) in [6.45, 7) is -0.0207. The van der Waals surface area contributed by atoms with E-state index in [0.29, 0.717) is 11.1 Å². The van der Waals surface area contributed by atoms with Crippen LogP contribution in [-0.2, 0) is 11.3 Å². The van der Waals surface area contributed by atoms with Crippen molar-refractivity contribution in [2.75, 3.05) is 0 Å². The van der Waals surface area contributed by atoms with E-state index in [2.05, 4.69) is 0 Å². The summed E-state index contributed by atoms with van der Waals surface area (Å²) in [6, 6.07) is 15.1. The highest BCUT2D eigenvalue weighted by atomic mass is 19.4. The first kappa shape index (κ1) is 14.6. The van der Waals surface area contributed by atoms with Gasteiger partial charge in [0.15, 0.2) is 0 Å². The summed E-state index contributed by atoms with van der Waals surface area (Å²) in [6.07, 6.45) is -4.44. The van der Waals surface area contributed by atoms with Crippen molar-refractivity contribution in [2.45, 2.75) is 24.7 Å². The molecule has 2 aromatic rings. The third kappa shape index (κ3) is 2.58. The Balaban J connectivity index is 1.87. The molecule has 1 heterocycles. The van der Waals surface area contributed by atoms with Crippen molar-refractivity contribution in [2.24, 2.45) is 0 Å². The number of amides is 1. The second kappa shape index (κ2) is 5.48. The zero-order chi connectivity index (χ0) is 15.7. The van der Waals surface area contributed by atoms with Crippen molar-refractivity contribution < 1.29 is 18.0 Å². The van der Waals surface area contributed by atoms with E-state index in [-0.39, 0.29) is 6.54 Å². The van der Waals surface area contributed by atoms with Gasteiger partial charge in [-0.25, -0.2) is 0 Å². The largest absolute Gasteiger partial charge is 0.409 e. The molecule has 5 heteroatoms. The van der Waals surface area contributed by atoms with Gasteiger partial charge in [-0.3, -0.25) is 4.79 Å². The van der Waals surface area contributed by atoms with Gasteiger partial charge in [-0.15, -0.1) is 0 Å². The van der Waals surface area contributed by atoms with E-state index < -0.39 is 24.0 Å². The van der Waals surface area contributed by atoms with Crippen LogP contribution in [0.3, 0.4) is 0 Å². The van der Waals surface area contributed by atoms with Crippen molar-refractivity contribution in [3.63, 3.8) is 0 Å². The molecule has 0 aliphatic carbocycles. The lowest BCUT2D eigenvalue weighted by molar-refractivity contribution is -0.221. The van der Waals surface area contributed by atoms with Crippen LogP contribution in [0.15, 0.2) is 60.7 Å². The fourth-order valence-corrected chi connectivity index (χ4v) is 2.86. The highest BCUT2D eigenvalue weighted by Crippen LogP contribution is 2.45. The Bertz CT molecular complexity index is 655. The number of likely N-dealkylation sites (tertiary alicyclic amines) is 1. The van der Waals surface area contributed by atoms with Gasteiger partial charge in [-0.2, -0.15) is 13.2 Å². The van der Waals surface area contributed by atoms with Crippen molar-refractivity contribution in [1.82, 2.24) is 4.90 Å². The molecule has 0 N–H and O–H groups in total. The number of hydrogen-bond donors (Lipinski definition) is 0. The molecule has 0 radical (unpaired) electrons. The van der Waals surface area contributed by atoms with E-state index in [1.165, 1.54) is 0 Å². The molecule has 22 heavy (non-hydrogen) atoms. The van der Waals surface area contributed by atoms with E-state index in [0.717, 1.165) is 4.90 Å². The number of benzene rings is 2. The Hall–Kier alpha value is -2.30. The molecule has 2 aromatic carbocycles. The lowest BCUT2D eigenvalue weighted by Crippen LogP contribution is -2.64. The topological polar surface area (TPSA) is 20.3 Å². The number of nitrogens with zero attached hydrogens (tertiary/aromatic N) is 1. The molecule has 1 saturated heterocycles. The van der Waals surface area contributed by atoms with Crippen LogP contribution in [0.2, 0.25) is 0 Å². The quantitative estimate of drug-likeness (QED) is 0.791. The Morgan fingerprint density at radius 3 is 2.00 bits per heavy atom. The molecule has 1 aliphatic heterocycles. The summed E-state index contributed by atoms with van der Waals surface area (Å²) < 4.78 is 40.1. The first-order chi connectivity index (χ1) is 10.5. The predicted octanol–water partition coefficient (Wildman–Crippen LogP) is 3.74. The smallest absolute Gasteiger partial charge is 0.324 e. The third-order valence-corrected chi connectivity index (χ3v) is 3.89. The second-order valence-corrected chi connectivity index (χ2v) is 5.33. The van der Waals surface area contributed by atoms with Gasteiger partial charge in [0, 0.05) is 6.54 Å². The maximum Gasteiger partial charge on any atom is 0.409 e. The zero-order valence-corrected chi connectivity index (χ0v) is 11.6. The van der Waals surface area contributed by atoms with Crippen LogP contribution < -0.4 is 0 Å². The Morgan fingerprint density at radius 1 is 0.909 bits per heavy atom. The van der Waals surface area contributed by atoms with Gasteiger partial charge in [0.25, 0.3) is 0 Å². The average molecular weight is 305 g/mol. The Morgan fingerprint density at radius 2 is 1.45 bits per heavy atom. The number of carbonyl (C=O) groups is 1. The standard InChI is InChI=1S/C17H14F3NO/c18-17(19,20)15-14(13-9-5-2-6-10-13)16(22)21(15)11-12-7-3-1-4-8-12/h1-10,14-15H,11H2. The number of carbonyl (C=O) groups excluding carboxylic acids is 1. The Labute approximate surface area is 126 Å². The van der Waals surface area contributed by atoms with Gasteiger partial charge in [0.1, 0.15) is 6.04 Å². The molecule has 1 fully saturated rings. The molecule has 0 spiro atoms. The number of alkyl halides is 3. The van der Waals surface area contributed by atoms with Crippen molar-refractivity contribution >= 4 is 5.91 Å². The minimum atomic E-state index is -4.44. The van der Waals surface area contributed by atoms with Crippen LogP contribution >= 0.6 is 0 Å².